The highest BCUT2D eigenvalue weighted by Crippen LogP contribution is 2.65. The number of ether oxygens (including phenoxy) is 3. The van der Waals surface area contributed by atoms with Crippen LogP contribution < -0.4 is 9.47 Å². The molecule has 1 spiro atoms. The van der Waals surface area contributed by atoms with Crippen LogP contribution in [0.15, 0.2) is 18.2 Å². The number of nitriles is 1. The van der Waals surface area contributed by atoms with Crippen molar-refractivity contribution in [3.05, 3.63) is 23.8 Å². The highest BCUT2D eigenvalue weighted by Gasteiger charge is 2.81. The maximum atomic E-state index is 14.1. The maximum absolute atomic E-state index is 14.1. The third kappa shape index (κ3) is 2.62. The number of hydrogen-bond acceptors (Lipinski definition) is 8. The first-order chi connectivity index (χ1) is 16.3. The zero-order chi connectivity index (χ0) is 23.9. The minimum atomic E-state index is -1.17. The second-order valence-corrected chi connectivity index (χ2v) is 12.9. The fraction of sp³-hybridized carbons (Fsp3) is 0.609. The molecule has 0 N–H and O–H groups in total. The van der Waals surface area contributed by atoms with Gasteiger partial charge in [-0.25, -0.2) is 0 Å². The average molecular weight is 503 g/mol. The second kappa shape index (κ2) is 7.37. The van der Waals surface area contributed by atoms with E-state index in [-0.39, 0.29) is 25.0 Å². The first kappa shape index (κ1) is 22.2. The number of benzene rings is 1. The summed E-state index contributed by atoms with van der Waals surface area (Å²) in [6.45, 7) is 7.85. The Morgan fingerprint density at radius 3 is 2.62 bits per heavy atom. The first-order valence-electron chi connectivity index (χ1n) is 11.5. The Kier molecular flexibility index (Phi) is 4.82. The number of fused-ring (bicyclic) bond motifs is 2. The van der Waals surface area contributed by atoms with Crippen LogP contribution in [0.2, 0.25) is 0 Å². The van der Waals surface area contributed by atoms with E-state index in [1.165, 1.54) is 0 Å². The summed E-state index contributed by atoms with van der Waals surface area (Å²) in [4.78, 5) is 31.5. The van der Waals surface area contributed by atoms with Crippen LogP contribution in [0.5, 0.6) is 11.5 Å². The number of carbonyl (C=O) groups excluding carboxylic acids is 2. The number of nitrogens with zero attached hydrogens (tertiary/aromatic N) is 4. The van der Waals surface area contributed by atoms with Crippen LogP contribution in [0, 0.1) is 16.7 Å². The Bertz CT molecular complexity index is 1170. The fourth-order valence-electron chi connectivity index (χ4n) is 6.20. The summed E-state index contributed by atoms with van der Waals surface area (Å²) in [5, 5.41) is 10.3. The SMILES string of the molecule is CC12C(=O)N3C(c4ccc5c(c4)OCO5)[C@@](C)(C#N)CC3(C(=O)N1CCN1CCOCC1)S2=S. The number of piperazine rings is 1. The van der Waals surface area contributed by atoms with E-state index in [1.54, 1.807) is 15.9 Å². The van der Waals surface area contributed by atoms with Gasteiger partial charge < -0.3 is 24.0 Å². The summed E-state index contributed by atoms with van der Waals surface area (Å²) in [5.41, 5.74) is -0.209. The van der Waals surface area contributed by atoms with Gasteiger partial charge in [0.05, 0.1) is 30.7 Å². The fourth-order valence-corrected chi connectivity index (χ4v) is 9.67. The zero-order valence-electron chi connectivity index (χ0n) is 19.1. The molecule has 11 heteroatoms. The van der Waals surface area contributed by atoms with Gasteiger partial charge in [0.2, 0.25) is 6.79 Å². The molecule has 1 aromatic rings. The molecule has 5 atom stereocenters. The van der Waals surface area contributed by atoms with Gasteiger partial charge >= 0.3 is 0 Å². The van der Waals surface area contributed by atoms with Gasteiger partial charge in [-0.1, -0.05) is 15.5 Å². The molecule has 4 saturated heterocycles. The molecule has 5 aliphatic heterocycles. The molecule has 180 valence electrons. The summed E-state index contributed by atoms with van der Waals surface area (Å²) in [6, 6.07) is 7.32. The quantitative estimate of drug-likeness (QED) is 0.600. The smallest absolute Gasteiger partial charge is 0.261 e. The van der Waals surface area contributed by atoms with Gasteiger partial charge in [0, 0.05) is 32.6 Å². The van der Waals surface area contributed by atoms with E-state index in [0.717, 1.165) is 18.7 Å². The third-order valence-corrected chi connectivity index (χ3v) is 12.0. The minimum absolute atomic E-state index is 0.120. The van der Waals surface area contributed by atoms with Gasteiger partial charge in [0.15, 0.2) is 21.2 Å². The van der Waals surface area contributed by atoms with Crippen molar-refractivity contribution >= 4 is 32.5 Å². The zero-order valence-corrected chi connectivity index (χ0v) is 20.7. The predicted octanol–water partition coefficient (Wildman–Crippen LogP) is 0.899. The van der Waals surface area contributed by atoms with Gasteiger partial charge in [-0.15, -0.1) is 0 Å². The molecule has 5 aliphatic rings. The monoisotopic (exact) mass is 502 g/mol. The van der Waals surface area contributed by atoms with Gasteiger partial charge in [0.1, 0.15) is 0 Å². The number of hydrogen-bond donors (Lipinski definition) is 0. The molecule has 5 heterocycles. The van der Waals surface area contributed by atoms with Crippen LogP contribution in [0.1, 0.15) is 31.9 Å². The van der Waals surface area contributed by atoms with Crippen molar-refractivity contribution in [3.8, 4) is 17.6 Å². The van der Waals surface area contributed by atoms with Gasteiger partial charge in [0.25, 0.3) is 11.8 Å². The summed E-state index contributed by atoms with van der Waals surface area (Å²) >= 11 is 6.00. The lowest BCUT2D eigenvalue weighted by atomic mass is 9.79. The maximum Gasteiger partial charge on any atom is 0.261 e. The molecule has 2 amide bonds. The normalized spacial score (nSPS) is 38.5. The van der Waals surface area contributed by atoms with Gasteiger partial charge in [-0.05, 0) is 42.7 Å². The van der Waals surface area contributed by atoms with Crippen LogP contribution in [0.25, 0.3) is 0 Å². The van der Waals surface area contributed by atoms with E-state index in [0.29, 0.717) is 37.8 Å². The summed E-state index contributed by atoms with van der Waals surface area (Å²) in [6.07, 6.45) is 0.233. The topological polar surface area (TPSA) is 95.3 Å². The van der Waals surface area contributed by atoms with Gasteiger partial charge in [-0.3, -0.25) is 14.5 Å². The Hall–Kier alpha value is -2.26. The molecule has 4 fully saturated rings. The Labute approximate surface area is 205 Å². The lowest BCUT2D eigenvalue weighted by Gasteiger charge is -2.42. The average Bonchev–Trinajstić information content (AvgIpc) is 3.50. The number of rotatable bonds is 4. The molecule has 9 nitrogen and oxygen atoms in total. The summed E-state index contributed by atoms with van der Waals surface area (Å²) in [7, 11) is -0.996. The predicted molar refractivity (Wildman–Crippen MR) is 125 cm³/mol. The van der Waals surface area contributed by atoms with Crippen molar-refractivity contribution in [2.24, 2.45) is 5.41 Å². The van der Waals surface area contributed by atoms with E-state index in [2.05, 4.69) is 11.0 Å². The highest BCUT2D eigenvalue weighted by molar-refractivity contribution is 8.31. The van der Waals surface area contributed by atoms with Crippen LogP contribution in [0.4, 0.5) is 0 Å². The van der Waals surface area contributed by atoms with E-state index in [4.69, 9.17) is 25.4 Å². The van der Waals surface area contributed by atoms with Crippen molar-refractivity contribution in [2.75, 3.05) is 46.2 Å². The molecule has 2 bridgehead atoms. The van der Waals surface area contributed by atoms with E-state index < -0.39 is 30.7 Å². The Morgan fingerprint density at radius 1 is 1.15 bits per heavy atom. The standard InChI is InChI=1S/C23H26N4O5S2/c1-21(13-24)12-23-20(29)26(6-5-25-7-9-30-10-8-25)22(2,34(23)33)19(28)27(23)18(21)15-3-4-16-17(11-15)32-14-31-16/h3-4,11,18H,5-10,12,14H2,1-2H3/t18?,21-,22?,23?,34?/m1/s1. The number of morpholine rings is 1. The van der Waals surface area contributed by atoms with E-state index in [9.17, 15) is 14.9 Å². The van der Waals surface area contributed by atoms with E-state index >= 15 is 0 Å². The van der Waals surface area contributed by atoms with Crippen molar-refractivity contribution in [1.29, 1.82) is 5.26 Å². The van der Waals surface area contributed by atoms with Crippen LogP contribution in [-0.2, 0) is 35.0 Å². The molecule has 0 radical (unpaired) electrons. The summed E-state index contributed by atoms with van der Waals surface area (Å²) in [5.74, 6) is 0.933. The molecule has 0 aromatic heterocycles. The molecular formula is C23H26N4O5S2. The molecule has 0 saturated carbocycles. The van der Waals surface area contributed by atoms with Crippen molar-refractivity contribution in [3.63, 3.8) is 0 Å². The molecular weight excluding hydrogens is 476 g/mol. The Balaban J connectivity index is 1.39. The van der Waals surface area contributed by atoms with Crippen LogP contribution >= 0.6 is 0 Å². The lowest BCUT2D eigenvalue weighted by Crippen LogP contribution is -2.63. The van der Waals surface area contributed by atoms with Crippen LogP contribution in [0.3, 0.4) is 0 Å². The molecule has 1 aromatic carbocycles. The molecule has 34 heavy (non-hydrogen) atoms. The largest absolute Gasteiger partial charge is 0.454 e. The minimum Gasteiger partial charge on any atom is -0.454 e. The molecule has 4 unspecified atom stereocenters. The highest BCUT2D eigenvalue weighted by atomic mass is 32.8. The summed E-state index contributed by atoms with van der Waals surface area (Å²) < 4.78 is 16.4. The van der Waals surface area contributed by atoms with E-state index in [1.807, 2.05) is 26.0 Å². The first-order valence-corrected chi connectivity index (χ1v) is 13.6. The van der Waals surface area contributed by atoms with Crippen molar-refractivity contribution in [2.45, 2.75) is 36.1 Å². The molecule has 0 aliphatic carbocycles. The number of carbonyl (C=O) groups is 2. The third-order valence-electron chi connectivity index (χ3n) is 7.95. The molecule has 6 rings (SSSR count). The lowest BCUT2D eigenvalue weighted by molar-refractivity contribution is -0.161. The van der Waals surface area contributed by atoms with Crippen molar-refractivity contribution in [1.82, 2.24) is 14.7 Å². The van der Waals surface area contributed by atoms with Gasteiger partial charge in [-0.2, -0.15) is 5.26 Å². The van der Waals surface area contributed by atoms with Crippen LogP contribution in [-0.4, -0.2) is 82.4 Å². The second-order valence-electron chi connectivity index (χ2n) is 9.84. The Morgan fingerprint density at radius 2 is 1.88 bits per heavy atom. The van der Waals surface area contributed by atoms with Crippen molar-refractivity contribution < 1.29 is 23.8 Å². The number of amides is 2.